The minimum Gasteiger partial charge on any atom is -0.309 e. The molecule has 2 heterocycles. The molecule has 2 aromatic rings. The molecule has 4 nitrogen and oxygen atoms in total. The molecular weight excluding hydrogens is 328 g/mol. The summed E-state index contributed by atoms with van der Waals surface area (Å²) in [5.74, 6) is 0. The monoisotopic (exact) mass is 350 g/mol. The Morgan fingerprint density at radius 1 is 1.29 bits per heavy atom. The van der Waals surface area contributed by atoms with Gasteiger partial charge in [-0.25, -0.2) is 4.68 Å². The van der Waals surface area contributed by atoms with Gasteiger partial charge in [-0.2, -0.15) is 5.10 Å². The Balaban J connectivity index is 2.23. The van der Waals surface area contributed by atoms with Gasteiger partial charge in [-0.1, -0.05) is 13.8 Å². The number of halogens is 1. The molecule has 0 saturated carbocycles. The molecule has 2 rings (SSSR count). The fraction of sp³-hybridized carbons (Fsp3) is 0.500. The smallest absolute Gasteiger partial charge is 0.0832 e. The van der Waals surface area contributed by atoms with Crippen molar-refractivity contribution in [2.75, 3.05) is 6.54 Å². The molecule has 0 spiro atoms. The second-order valence-electron chi connectivity index (χ2n) is 5.25. The topological polar surface area (TPSA) is 42.7 Å². The lowest BCUT2D eigenvalue weighted by atomic mass is 10.1. The zero-order chi connectivity index (χ0) is 15.4. The summed E-state index contributed by atoms with van der Waals surface area (Å²) in [6, 6.07) is 4.51. The normalized spacial score (nSPS) is 12.6. The van der Waals surface area contributed by atoms with Crippen molar-refractivity contribution in [3.8, 4) is 5.69 Å². The zero-order valence-electron chi connectivity index (χ0n) is 13.2. The Morgan fingerprint density at radius 2 is 2.05 bits per heavy atom. The van der Waals surface area contributed by atoms with E-state index in [2.05, 4.69) is 64.2 Å². The van der Waals surface area contributed by atoms with Crippen LogP contribution in [0.3, 0.4) is 0 Å². The van der Waals surface area contributed by atoms with Gasteiger partial charge in [-0.3, -0.25) is 4.98 Å². The van der Waals surface area contributed by atoms with Crippen molar-refractivity contribution in [3.05, 3.63) is 39.9 Å². The molecule has 0 fully saturated rings. The van der Waals surface area contributed by atoms with Crippen LogP contribution in [-0.4, -0.2) is 21.3 Å². The predicted molar refractivity (Wildman–Crippen MR) is 89.9 cm³/mol. The number of hydrogen-bond donors (Lipinski definition) is 1. The molecule has 1 N–H and O–H groups in total. The average molecular weight is 351 g/mol. The molecule has 0 aliphatic heterocycles. The SMILES string of the molecule is CCCNC(CC)c1ccc(-n2nc(C)c(Br)c2C)cn1. The van der Waals surface area contributed by atoms with E-state index in [1.165, 1.54) is 0 Å². The van der Waals surface area contributed by atoms with Crippen LogP contribution in [0, 0.1) is 13.8 Å². The minimum atomic E-state index is 0.325. The summed E-state index contributed by atoms with van der Waals surface area (Å²) in [6.07, 6.45) is 4.07. The second kappa shape index (κ2) is 7.18. The standard InChI is InChI=1S/C16H23BrN4/c1-5-9-18-14(6-2)15-8-7-13(10-19-15)21-12(4)16(17)11(3)20-21/h7-8,10,14,18H,5-6,9H2,1-4H3. The van der Waals surface area contributed by atoms with Crippen LogP contribution in [0.4, 0.5) is 0 Å². The maximum Gasteiger partial charge on any atom is 0.0832 e. The Hall–Kier alpha value is -1.20. The highest BCUT2D eigenvalue weighted by molar-refractivity contribution is 9.10. The van der Waals surface area contributed by atoms with Gasteiger partial charge >= 0.3 is 0 Å². The van der Waals surface area contributed by atoms with Crippen LogP contribution in [0.1, 0.15) is 49.8 Å². The summed E-state index contributed by atoms with van der Waals surface area (Å²) in [5, 5.41) is 8.07. The number of rotatable bonds is 6. The van der Waals surface area contributed by atoms with E-state index in [9.17, 15) is 0 Å². The third kappa shape index (κ3) is 3.52. The average Bonchev–Trinajstić information content (AvgIpc) is 2.76. The number of aryl methyl sites for hydroxylation is 1. The van der Waals surface area contributed by atoms with Crippen LogP contribution in [0.2, 0.25) is 0 Å². The van der Waals surface area contributed by atoms with Crippen LogP contribution in [0.15, 0.2) is 22.8 Å². The van der Waals surface area contributed by atoms with Crippen molar-refractivity contribution in [2.45, 2.75) is 46.6 Å². The first kappa shape index (κ1) is 16.2. The number of nitrogens with one attached hydrogen (secondary N) is 1. The lowest BCUT2D eigenvalue weighted by molar-refractivity contribution is 0.507. The van der Waals surface area contributed by atoms with Crippen LogP contribution >= 0.6 is 15.9 Å². The van der Waals surface area contributed by atoms with E-state index in [4.69, 9.17) is 0 Å². The Kier molecular flexibility index (Phi) is 5.53. The van der Waals surface area contributed by atoms with Gasteiger partial charge in [-0.15, -0.1) is 0 Å². The molecule has 5 heteroatoms. The molecule has 1 unspecified atom stereocenters. The maximum atomic E-state index is 4.62. The third-order valence-corrected chi connectivity index (χ3v) is 4.77. The molecular formula is C16H23BrN4. The number of aromatic nitrogens is 3. The molecule has 0 aliphatic carbocycles. The van der Waals surface area contributed by atoms with Gasteiger partial charge in [0.15, 0.2) is 0 Å². The molecule has 1 atom stereocenters. The summed E-state index contributed by atoms with van der Waals surface area (Å²) in [6.45, 7) is 9.43. The highest BCUT2D eigenvalue weighted by Gasteiger charge is 2.13. The molecule has 2 aromatic heterocycles. The third-order valence-electron chi connectivity index (χ3n) is 3.62. The van der Waals surface area contributed by atoms with Crippen molar-refractivity contribution < 1.29 is 0 Å². The van der Waals surface area contributed by atoms with E-state index in [1.54, 1.807) is 0 Å². The fourth-order valence-electron chi connectivity index (χ4n) is 2.38. The van der Waals surface area contributed by atoms with Crippen LogP contribution in [-0.2, 0) is 0 Å². The van der Waals surface area contributed by atoms with Gasteiger partial charge in [0.2, 0.25) is 0 Å². The van der Waals surface area contributed by atoms with Crippen molar-refractivity contribution in [1.82, 2.24) is 20.1 Å². The lowest BCUT2D eigenvalue weighted by Gasteiger charge is -2.16. The summed E-state index contributed by atoms with van der Waals surface area (Å²) in [7, 11) is 0. The molecule has 0 aliphatic rings. The largest absolute Gasteiger partial charge is 0.309 e. The van der Waals surface area contributed by atoms with E-state index >= 15 is 0 Å². The molecule has 0 bridgehead atoms. The molecule has 114 valence electrons. The first-order valence-corrected chi connectivity index (χ1v) is 8.29. The Bertz CT molecular complexity index is 589. The van der Waals surface area contributed by atoms with Crippen molar-refractivity contribution in [3.63, 3.8) is 0 Å². The zero-order valence-corrected chi connectivity index (χ0v) is 14.7. The lowest BCUT2D eigenvalue weighted by Crippen LogP contribution is -2.22. The molecule has 0 saturated heterocycles. The molecule has 21 heavy (non-hydrogen) atoms. The van der Waals surface area contributed by atoms with Gasteiger partial charge < -0.3 is 5.32 Å². The van der Waals surface area contributed by atoms with Crippen molar-refractivity contribution in [1.29, 1.82) is 0 Å². The maximum absolute atomic E-state index is 4.62. The number of hydrogen-bond acceptors (Lipinski definition) is 3. The van der Waals surface area contributed by atoms with Gasteiger partial charge in [0.1, 0.15) is 0 Å². The second-order valence-corrected chi connectivity index (χ2v) is 6.05. The Labute approximate surface area is 135 Å². The van der Waals surface area contributed by atoms with E-state index in [0.717, 1.165) is 46.6 Å². The summed E-state index contributed by atoms with van der Waals surface area (Å²) >= 11 is 3.56. The highest BCUT2D eigenvalue weighted by Crippen LogP contribution is 2.23. The quantitative estimate of drug-likeness (QED) is 0.852. The van der Waals surface area contributed by atoms with E-state index in [0.29, 0.717) is 6.04 Å². The minimum absolute atomic E-state index is 0.325. The Morgan fingerprint density at radius 3 is 2.52 bits per heavy atom. The van der Waals surface area contributed by atoms with Crippen molar-refractivity contribution in [2.24, 2.45) is 0 Å². The fourth-order valence-corrected chi connectivity index (χ4v) is 2.63. The van der Waals surface area contributed by atoms with Gasteiger partial charge in [-0.05, 0) is 61.3 Å². The van der Waals surface area contributed by atoms with Gasteiger partial charge in [0.05, 0.1) is 33.4 Å². The van der Waals surface area contributed by atoms with E-state index < -0.39 is 0 Å². The molecule has 0 radical (unpaired) electrons. The van der Waals surface area contributed by atoms with Gasteiger partial charge in [0, 0.05) is 6.04 Å². The summed E-state index contributed by atoms with van der Waals surface area (Å²) in [5.41, 5.74) is 4.18. The molecule has 0 aromatic carbocycles. The van der Waals surface area contributed by atoms with E-state index in [-0.39, 0.29) is 0 Å². The summed E-state index contributed by atoms with van der Waals surface area (Å²) in [4.78, 5) is 4.62. The predicted octanol–water partition coefficient (Wildman–Crippen LogP) is 4.10. The highest BCUT2D eigenvalue weighted by atomic mass is 79.9. The number of pyridine rings is 1. The number of nitrogens with zero attached hydrogens (tertiary/aromatic N) is 3. The van der Waals surface area contributed by atoms with Crippen LogP contribution < -0.4 is 5.32 Å². The van der Waals surface area contributed by atoms with Crippen LogP contribution in [0.25, 0.3) is 5.69 Å². The van der Waals surface area contributed by atoms with Crippen LogP contribution in [0.5, 0.6) is 0 Å². The summed E-state index contributed by atoms with van der Waals surface area (Å²) < 4.78 is 2.99. The van der Waals surface area contributed by atoms with E-state index in [1.807, 2.05) is 17.8 Å². The van der Waals surface area contributed by atoms with Crippen molar-refractivity contribution >= 4 is 15.9 Å². The first-order valence-electron chi connectivity index (χ1n) is 7.49. The molecule has 0 amide bonds. The first-order chi connectivity index (χ1) is 10.1. The van der Waals surface area contributed by atoms with Gasteiger partial charge in [0.25, 0.3) is 0 Å².